The van der Waals surface area contributed by atoms with E-state index in [2.05, 4.69) is 77.5 Å². The van der Waals surface area contributed by atoms with Gasteiger partial charge in [0.05, 0.1) is 10.2 Å². The Morgan fingerprint density at radius 1 is 1.03 bits per heavy atom. The van der Waals surface area contributed by atoms with Crippen LogP contribution in [0, 0.1) is 5.41 Å². The number of rotatable bonds is 4. The molecule has 0 unspecified atom stereocenters. The Labute approximate surface area is 205 Å². The number of nitrogens with zero attached hydrogens (tertiary/aromatic N) is 4. The number of urea groups is 1. The number of para-hydroxylation sites is 1. The normalized spacial score (nSPS) is 24.8. The summed E-state index contributed by atoms with van der Waals surface area (Å²) in [7, 11) is 0. The molecule has 3 fully saturated rings. The first kappa shape index (κ1) is 21.9. The van der Waals surface area contributed by atoms with E-state index in [4.69, 9.17) is 4.98 Å². The Morgan fingerprint density at radius 2 is 1.76 bits per heavy atom. The summed E-state index contributed by atoms with van der Waals surface area (Å²) in [5, 5.41) is 4.40. The van der Waals surface area contributed by atoms with Gasteiger partial charge in [-0.15, -0.1) is 0 Å². The fourth-order valence-electron chi connectivity index (χ4n) is 6.12. The second-order valence-electron chi connectivity index (χ2n) is 10.7. The van der Waals surface area contributed by atoms with E-state index in [1.165, 1.54) is 10.3 Å². The lowest BCUT2D eigenvalue weighted by atomic mass is 9.60. The van der Waals surface area contributed by atoms with Gasteiger partial charge < -0.3 is 15.1 Å². The molecule has 3 aliphatic rings. The molecule has 0 radical (unpaired) electrons. The van der Waals surface area contributed by atoms with Gasteiger partial charge in [0.15, 0.2) is 5.13 Å². The number of aromatic nitrogens is 1. The van der Waals surface area contributed by atoms with Crippen molar-refractivity contribution in [1.29, 1.82) is 0 Å². The predicted molar refractivity (Wildman–Crippen MR) is 138 cm³/mol. The van der Waals surface area contributed by atoms with Gasteiger partial charge in [0.1, 0.15) is 0 Å². The predicted octanol–water partition coefficient (Wildman–Crippen LogP) is 4.57. The molecule has 1 aliphatic carbocycles. The number of hydrogen-bond acceptors (Lipinski definition) is 5. The molecule has 2 aromatic carbocycles. The minimum atomic E-state index is 0.101. The summed E-state index contributed by atoms with van der Waals surface area (Å²) in [4.78, 5) is 24.9. The van der Waals surface area contributed by atoms with Crippen molar-refractivity contribution in [2.75, 3.05) is 31.1 Å². The number of fused-ring (bicyclic) bond motifs is 1. The molecule has 1 saturated carbocycles. The van der Waals surface area contributed by atoms with Crippen molar-refractivity contribution < 1.29 is 4.79 Å². The molecule has 0 bridgehead atoms. The minimum absolute atomic E-state index is 0.101. The molecule has 3 aromatic rings. The Hall–Kier alpha value is -2.64. The van der Waals surface area contributed by atoms with Crippen molar-refractivity contribution in [3.05, 3.63) is 60.2 Å². The standard InChI is InChI=1S/C27H33N5OS/c1-19-15-32(26-29-23-10-6-7-11-24(23)34-26)20(2)14-31(19)25(33)28-22-12-27(13-22)17-30(18-27)16-21-8-4-3-5-9-21/h3-11,19-20,22H,12-18H2,1-2H3,(H,28,33)/t19-,20+/m1/s1. The maximum absolute atomic E-state index is 13.1. The van der Waals surface area contributed by atoms with E-state index >= 15 is 0 Å². The van der Waals surface area contributed by atoms with Crippen molar-refractivity contribution in [3.8, 4) is 0 Å². The van der Waals surface area contributed by atoms with Crippen molar-refractivity contribution in [1.82, 2.24) is 20.1 Å². The number of piperazine rings is 1. The quantitative estimate of drug-likeness (QED) is 0.601. The van der Waals surface area contributed by atoms with Crippen LogP contribution < -0.4 is 10.2 Å². The number of amides is 2. The number of hydrogen-bond donors (Lipinski definition) is 1. The molecule has 34 heavy (non-hydrogen) atoms. The van der Waals surface area contributed by atoms with Crippen LogP contribution in [0.5, 0.6) is 0 Å². The molecule has 2 aliphatic heterocycles. The van der Waals surface area contributed by atoms with E-state index in [1.807, 2.05) is 11.0 Å². The summed E-state index contributed by atoms with van der Waals surface area (Å²) in [6.07, 6.45) is 2.22. The summed E-state index contributed by atoms with van der Waals surface area (Å²) in [6, 6.07) is 19.8. The molecule has 6 nitrogen and oxygen atoms in total. The molecule has 1 spiro atoms. The Bertz CT molecular complexity index is 1130. The maximum Gasteiger partial charge on any atom is 0.317 e. The molecule has 6 rings (SSSR count). The maximum atomic E-state index is 13.1. The van der Waals surface area contributed by atoms with Gasteiger partial charge in [-0.1, -0.05) is 53.8 Å². The highest BCUT2D eigenvalue weighted by atomic mass is 32.1. The molecule has 1 aromatic heterocycles. The van der Waals surface area contributed by atoms with E-state index < -0.39 is 0 Å². The Morgan fingerprint density at radius 3 is 2.53 bits per heavy atom. The van der Waals surface area contributed by atoms with Gasteiger partial charge in [-0.25, -0.2) is 9.78 Å². The largest absolute Gasteiger partial charge is 0.342 e. The molecule has 2 saturated heterocycles. The molecule has 1 N–H and O–H groups in total. The number of anilines is 1. The second kappa shape index (κ2) is 8.54. The van der Waals surface area contributed by atoms with Crippen molar-refractivity contribution >= 4 is 32.7 Å². The molecule has 2 atom stereocenters. The van der Waals surface area contributed by atoms with Gasteiger partial charge in [-0.05, 0) is 49.8 Å². The molecular weight excluding hydrogens is 442 g/mol. The fraction of sp³-hybridized carbons (Fsp3) is 0.481. The van der Waals surface area contributed by atoms with Crippen molar-refractivity contribution in [2.45, 2.75) is 51.4 Å². The van der Waals surface area contributed by atoms with E-state index in [0.717, 1.165) is 56.2 Å². The summed E-state index contributed by atoms with van der Waals surface area (Å²) >= 11 is 1.74. The van der Waals surface area contributed by atoms with Crippen molar-refractivity contribution in [3.63, 3.8) is 0 Å². The van der Waals surface area contributed by atoms with Gasteiger partial charge in [0, 0.05) is 50.8 Å². The minimum Gasteiger partial charge on any atom is -0.342 e. The lowest BCUT2D eigenvalue weighted by Crippen LogP contribution is -2.68. The summed E-state index contributed by atoms with van der Waals surface area (Å²) in [5.74, 6) is 0. The van der Waals surface area contributed by atoms with Crippen LogP contribution in [0.15, 0.2) is 54.6 Å². The highest BCUT2D eigenvalue weighted by Gasteiger charge is 2.52. The molecule has 3 heterocycles. The zero-order valence-corrected chi connectivity index (χ0v) is 20.8. The third-order valence-corrected chi connectivity index (χ3v) is 8.90. The highest BCUT2D eigenvalue weighted by Crippen LogP contribution is 2.48. The van der Waals surface area contributed by atoms with Crippen LogP contribution in [0.3, 0.4) is 0 Å². The number of likely N-dealkylation sites (tertiary alicyclic amines) is 1. The first-order chi connectivity index (χ1) is 16.5. The Balaban J connectivity index is 0.997. The van der Waals surface area contributed by atoms with Crippen LogP contribution in [0.4, 0.5) is 9.93 Å². The van der Waals surface area contributed by atoms with Gasteiger partial charge in [-0.2, -0.15) is 0 Å². The average molecular weight is 476 g/mol. The third-order valence-electron chi connectivity index (χ3n) is 7.83. The molecule has 2 amide bonds. The number of benzene rings is 2. The highest BCUT2D eigenvalue weighted by molar-refractivity contribution is 7.22. The van der Waals surface area contributed by atoms with E-state index in [9.17, 15) is 4.79 Å². The first-order valence-electron chi connectivity index (χ1n) is 12.4. The van der Waals surface area contributed by atoms with Crippen molar-refractivity contribution in [2.24, 2.45) is 5.41 Å². The topological polar surface area (TPSA) is 51.7 Å². The zero-order valence-electron chi connectivity index (χ0n) is 20.0. The van der Waals surface area contributed by atoms with Gasteiger partial charge in [0.2, 0.25) is 0 Å². The zero-order chi connectivity index (χ0) is 23.3. The molecular formula is C27H33N5OS. The van der Waals surface area contributed by atoms with Crippen LogP contribution in [-0.4, -0.2) is 65.1 Å². The third kappa shape index (κ3) is 4.05. The van der Waals surface area contributed by atoms with E-state index in [1.54, 1.807) is 11.3 Å². The Kier molecular flexibility index (Phi) is 5.49. The van der Waals surface area contributed by atoms with Gasteiger partial charge in [-0.3, -0.25) is 4.90 Å². The van der Waals surface area contributed by atoms with E-state index in [-0.39, 0.29) is 18.1 Å². The van der Waals surface area contributed by atoms with Crippen LogP contribution in [0.25, 0.3) is 10.2 Å². The van der Waals surface area contributed by atoms with Crippen LogP contribution >= 0.6 is 11.3 Å². The van der Waals surface area contributed by atoms with Crippen LogP contribution in [0.2, 0.25) is 0 Å². The number of nitrogens with one attached hydrogen (secondary N) is 1. The number of thiazole rings is 1. The van der Waals surface area contributed by atoms with Gasteiger partial charge >= 0.3 is 6.03 Å². The molecule has 7 heteroatoms. The SMILES string of the molecule is C[C@@H]1CN(c2nc3ccccc3s2)[C@@H](C)CN1C(=O)NC1CC2(C1)CN(Cc1ccccc1)C2. The second-order valence-corrected chi connectivity index (χ2v) is 11.7. The number of carbonyl (C=O) groups excluding carboxylic acids is 1. The fourth-order valence-corrected chi connectivity index (χ4v) is 7.20. The molecule has 178 valence electrons. The summed E-state index contributed by atoms with van der Waals surface area (Å²) in [5.41, 5.74) is 2.87. The summed E-state index contributed by atoms with van der Waals surface area (Å²) < 4.78 is 1.22. The summed E-state index contributed by atoms with van der Waals surface area (Å²) in [6.45, 7) is 9.25. The lowest BCUT2D eigenvalue weighted by Gasteiger charge is -2.59. The first-order valence-corrected chi connectivity index (χ1v) is 13.3. The van der Waals surface area contributed by atoms with Crippen LogP contribution in [-0.2, 0) is 6.54 Å². The lowest BCUT2D eigenvalue weighted by molar-refractivity contribution is -0.0811. The van der Waals surface area contributed by atoms with Gasteiger partial charge in [0.25, 0.3) is 0 Å². The number of carbonyl (C=O) groups is 1. The van der Waals surface area contributed by atoms with Crippen LogP contribution in [0.1, 0.15) is 32.3 Å². The smallest absolute Gasteiger partial charge is 0.317 e. The monoisotopic (exact) mass is 475 g/mol. The van der Waals surface area contributed by atoms with E-state index in [0.29, 0.717) is 11.5 Å². The average Bonchev–Trinajstić information content (AvgIpc) is 3.22.